The van der Waals surface area contributed by atoms with Crippen molar-refractivity contribution < 1.29 is 4.21 Å². The number of hydrogen-bond acceptors (Lipinski definition) is 4. The summed E-state index contributed by atoms with van der Waals surface area (Å²) in [5.41, 5.74) is 8.13. The standard InChI is InChI=1S/C12H11N3OS2/c13-8-3-4-9-10(6-8)15-11(14-9)7-18(16)12-2-1-5-17-12/h1-6H,7,13H2,(H,14,15). The molecule has 0 saturated heterocycles. The minimum Gasteiger partial charge on any atom is -0.399 e. The molecule has 92 valence electrons. The number of anilines is 1. The van der Waals surface area contributed by atoms with Gasteiger partial charge in [0.2, 0.25) is 0 Å². The Hall–Kier alpha value is -1.66. The van der Waals surface area contributed by atoms with E-state index in [9.17, 15) is 4.21 Å². The van der Waals surface area contributed by atoms with Crippen LogP contribution in [0, 0.1) is 0 Å². The quantitative estimate of drug-likeness (QED) is 0.723. The maximum absolute atomic E-state index is 12.1. The smallest absolute Gasteiger partial charge is 0.120 e. The van der Waals surface area contributed by atoms with Gasteiger partial charge in [0.15, 0.2) is 0 Å². The number of nitrogens with two attached hydrogens (primary N) is 1. The van der Waals surface area contributed by atoms with Gasteiger partial charge < -0.3 is 10.7 Å². The first-order valence-electron chi connectivity index (χ1n) is 5.38. The topological polar surface area (TPSA) is 71.8 Å². The molecule has 0 saturated carbocycles. The van der Waals surface area contributed by atoms with Crippen LogP contribution in [0.4, 0.5) is 5.69 Å². The van der Waals surface area contributed by atoms with E-state index in [1.165, 1.54) is 11.3 Å². The number of aromatic nitrogens is 2. The van der Waals surface area contributed by atoms with E-state index in [1.54, 1.807) is 0 Å². The molecule has 3 aromatic rings. The van der Waals surface area contributed by atoms with Crippen molar-refractivity contribution in [2.45, 2.75) is 9.96 Å². The molecule has 0 bridgehead atoms. The summed E-state index contributed by atoms with van der Waals surface area (Å²) >= 11 is 1.50. The Kier molecular flexibility index (Phi) is 2.89. The number of thiophene rings is 1. The molecule has 1 aromatic carbocycles. The number of nitrogen functional groups attached to an aromatic ring is 1. The van der Waals surface area contributed by atoms with E-state index >= 15 is 0 Å². The number of nitrogens with zero attached hydrogens (tertiary/aromatic N) is 1. The van der Waals surface area contributed by atoms with Crippen LogP contribution >= 0.6 is 11.3 Å². The van der Waals surface area contributed by atoms with Crippen LogP contribution in [0.15, 0.2) is 39.9 Å². The summed E-state index contributed by atoms with van der Waals surface area (Å²) in [7, 11) is -1.04. The van der Waals surface area contributed by atoms with Gasteiger partial charge in [-0.3, -0.25) is 4.21 Å². The van der Waals surface area contributed by atoms with Crippen LogP contribution in [0.25, 0.3) is 11.0 Å². The largest absolute Gasteiger partial charge is 0.399 e. The zero-order valence-electron chi connectivity index (χ0n) is 9.42. The molecule has 0 radical (unpaired) electrons. The molecule has 1 atom stereocenters. The number of nitrogens with one attached hydrogen (secondary N) is 1. The van der Waals surface area contributed by atoms with E-state index in [4.69, 9.17) is 5.73 Å². The molecule has 1 unspecified atom stereocenters. The molecule has 0 fully saturated rings. The average molecular weight is 277 g/mol. The highest BCUT2D eigenvalue weighted by molar-refractivity contribution is 7.86. The van der Waals surface area contributed by atoms with Crippen LogP contribution < -0.4 is 5.73 Å². The Morgan fingerprint density at radius 2 is 2.28 bits per heavy atom. The van der Waals surface area contributed by atoms with E-state index < -0.39 is 10.8 Å². The van der Waals surface area contributed by atoms with Crippen molar-refractivity contribution in [1.82, 2.24) is 9.97 Å². The lowest BCUT2D eigenvalue weighted by atomic mass is 10.3. The van der Waals surface area contributed by atoms with Crippen molar-refractivity contribution in [3.63, 3.8) is 0 Å². The Morgan fingerprint density at radius 1 is 1.39 bits per heavy atom. The number of benzene rings is 1. The monoisotopic (exact) mass is 277 g/mol. The van der Waals surface area contributed by atoms with E-state index in [1.807, 2.05) is 35.7 Å². The highest BCUT2D eigenvalue weighted by atomic mass is 32.2. The summed E-state index contributed by atoms with van der Waals surface area (Å²) in [4.78, 5) is 7.55. The third-order valence-corrected chi connectivity index (χ3v) is 5.17. The first-order valence-corrected chi connectivity index (χ1v) is 7.58. The van der Waals surface area contributed by atoms with Crippen molar-refractivity contribution in [3.8, 4) is 0 Å². The Labute approximate surface area is 110 Å². The molecule has 0 aliphatic heterocycles. The zero-order chi connectivity index (χ0) is 12.5. The molecule has 0 spiro atoms. The fourth-order valence-corrected chi connectivity index (χ4v) is 3.72. The fraction of sp³-hybridized carbons (Fsp3) is 0.0833. The molecule has 0 amide bonds. The van der Waals surface area contributed by atoms with Gasteiger partial charge in [-0.1, -0.05) is 6.07 Å². The van der Waals surface area contributed by atoms with Gasteiger partial charge in [0.05, 0.1) is 31.8 Å². The number of hydrogen-bond donors (Lipinski definition) is 2. The number of H-pyrrole nitrogens is 1. The first kappa shape index (κ1) is 11.4. The second kappa shape index (κ2) is 4.55. The van der Waals surface area contributed by atoms with Crippen LogP contribution in [0.2, 0.25) is 0 Å². The summed E-state index contributed by atoms with van der Waals surface area (Å²) in [6.07, 6.45) is 0. The third-order valence-electron chi connectivity index (χ3n) is 2.54. The second-order valence-corrected chi connectivity index (χ2v) is 6.51. The summed E-state index contributed by atoms with van der Waals surface area (Å²) < 4.78 is 12.9. The second-order valence-electron chi connectivity index (χ2n) is 3.88. The van der Waals surface area contributed by atoms with E-state index in [0.717, 1.165) is 21.1 Å². The van der Waals surface area contributed by atoms with Crippen molar-refractivity contribution in [2.24, 2.45) is 0 Å². The number of aromatic amines is 1. The highest BCUT2D eigenvalue weighted by Gasteiger charge is 2.09. The van der Waals surface area contributed by atoms with E-state index in [-0.39, 0.29) is 0 Å². The lowest BCUT2D eigenvalue weighted by Gasteiger charge is -1.94. The van der Waals surface area contributed by atoms with Gasteiger partial charge >= 0.3 is 0 Å². The van der Waals surface area contributed by atoms with Gasteiger partial charge in [-0.15, -0.1) is 11.3 Å². The molecule has 2 aromatic heterocycles. The lowest BCUT2D eigenvalue weighted by Crippen LogP contribution is -1.95. The van der Waals surface area contributed by atoms with Gasteiger partial charge in [0.1, 0.15) is 5.82 Å². The Bertz CT molecular complexity index is 703. The fourth-order valence-electron chi connectivity index (χ4n) is 1.74. The van der Waals surface area contributed by atoms with Crippen molar-refractivity contribution in [3.05, 3.63) is 41.5 Å². The Balaban J connectivity index is 1.89. The SMILES string of the molecule is Nc1ccc2nc(CS(=O)c3cccs3)[nH]c2c1. The molecule has 3 N–H and O–H groups in total. The van der Waals surface area contributed by atoms with Crippen LogP contribution in [0.3, 0.4) is 0 Å². The van der Waals surface area contributed by atoms with Gasteiger partial charge in [-0.25, -0.2) is 4.98 Å². The number of rotatable bonds is 3. The van der Waals surface area contributed by atoms with Crippen LogP contribution in [0.5, 0.6) is 0 Å². The van der Waals surface area contributed by atoms with Crippen LogP contribution in [-0.4, -0.2) is 14.2 Å². The molecule has 6 heteroatoms. The maximum atomic E-state index is 12.1. The minimum atomic E-state index is -1.04. The third kappa shape index (κ3) is 2.16. The normalized spacial score (nSPS) is 12.9. The molecular weight excluding hydrogens is 266 g/mol. The average Bonchev–Trinajstić information content (AvgIpc) is 2.95. The zero-order valence-corrected chi connectivity index (χ0v) is 11.1. The summed E-state index contributed by atoms with van der Waals surface area (Å²) in [6.45, 7) is 0. The summed E-state index contributed by atoms with van der Waals surface area (Å²) in [6, 6.07) is 9.28. The van der Waals surface area contributed by atoms with Crippen LogP contribution in [-0.2, 0) is 16.6 Å². The molecule has 3 rings (SSSR count). The maximum Gasteiger partial charge on any atom is 0.120 e. The van der Waals surface area contributed by atoms with Crippen molar-refractivity contribution >= 4 is 38.9 Å². The van der Waals surface area contributed by atoms with E-state index in [0.29, 0.717) is 11.4 Å². The lowest BCUT2D eigenvalue weighted by molar-refractivity contribution is 0.683. The van der Waals surface area contributed by atoms with E-state index in [2.05, 4.69) is 9.97 Å². The number of imidazole rings is 1. The van der Waals surface area contributed by atoms with Gasteiger partial charge in [-0.2, -0.15) is 0 Å². The molecule has 0 aliphatic carbocycles. The van der Waals surface area contributed by atoms with Gasteiger partial charge in [0.25, 0.3) is 0 Å². The Morgan fingerprint density at radius 3 is 3.06 bits per heavy atom. The van der Waals surface area contributed by atoms with Crippen LogP contribution in [0.1, 0.15) is 5.82 Å². The molecule has 2 heterocycles. The summed E-state index contributed by atoms with van der Waals surface area (Å²) in [5.74, 6) is 1.12. The van der Waals surface area contributed by atoms with Crippen molar-refractivity contribution in [1.29, 1.82) is 0 Å². The number of fused-ring (bicyclic) bond motifs is 1. The highest BCUT2D eigenvalue weighted by Crippen LogP contribution is 2.19. The van der Waals surface area contributed by atoms with Crippen molar-refractivity contribution in [2.75, 3.05) is 5.73 Å². The first-order chi connectivity index (χ1) is 8.72. The van der Waals surface area contributed by atoms with Gasteiger partial charge in [-0.05, 0) is 29.6 Å². The van der Waals surface area contributed by atoms with Gasteiger partial charge in [0, 0.05) is 5.69 Å². The summed E-state index contributed by atoms with van der Waals surface area (Å²) in [5, 5.41) is 1.92. The molecule has 0 aliphatic rings. The predicted octanol–water partition coefficient (Wildman–Crippen LogP) is 2.51. The molecule has 18 heavy (non-hydrogen) atoms. The molecular formula is C12H11N3OS2. The molecule has 4 nitrogen and oxygen atoms in total. The predicted molar refractivity (Wildman–Crippen MR) is 74.9 cm³/mol. The minimum absolute atomic E-state index is 0.398.